The predicted molar refractivity (Wildman–Crippen MR) is 64.9 cm³/mol. The summed E-state index contributed by atoms with van der Waals surface area (Å²) in [5.74, 6) is 1.61. The average Bonchev–Trinajstić information content (AvgIpc) is 2.81. The van der Waals surface area contributed by atoms with Gasteiger partial charge in [0.25, 0.3) is 0 Å². The molecular formula is C11H16N6O. The molecule has 7 heteroatoms. The predicted octanol–water partition coefficient (Wildman–Crippen LogP) is 1.30. The van der Waals surface area contributed by atoms with E-state index < -0.39 is 0 Å². The first-order valence-electron chi connectivity index (χ1n) is 5.98. The van der Waals surface area contributed by atoms with E-state index >= 15 is 0 Å². The Labute approximate surface area is 105 Å². The third-order valence-electron chi connectivity index (χ3n) is 2.48. The van der Waals surface area contributed by atoms with E-state index in [1.807, 2.05) is 13.8 Å². The number of hydrogen-bond acceptors (Lipinski definition) is 7. The molecule has 2 heterocycles. The maximum Gasteiger partial charge on any atom is 0.246 e. The highest BCUT2D eigenvalue weighted by Crippen LogP contribution is 2.07. The van der Waals surface area contributed by atoms with E-state index in [0.717, 1.165) is 24.2 Å². The fourth-order valence-corrected chi connectivity index (χ4v) is 1.58. The topological polar surface area (TPSA) is 89.6 Å². The molecule has 18 heavy (non-hydrogen) atoms. The molecule has 2 aromatic rings. The fourth-order valence-electron chi connectivity index (χ4n) is 1.58. The minimum Gasteiger partial charge on any atom is -0.344 e. The summed E-state index contributed by atoms with van der Waals surface area (Å²) in [4.78, 5) is 8.50. The first kappa shape index (κ1) is 12.4. The summed E-state index contributed by atoms with van der Waals surface area (Å²) in [5.41, 5.74) is 1.91. The molecular weight excluding hydrogens is 232 g/mol. The second-order valence-corrected chi connectivity index (χ2v) is 3.82. The van der Waals surface area contributed by atoms with Crippen LogP contribution in [0.1, 0.15) is 37.0 Å². The third-order valence-corrected chi connectivity index (χ3v) is 2.48. The van der Waals surface area contributed by atoms with Crippen molar-refractivity contribution in [3.63, 3.8) is 0 Å². The summed E-state index contributed by atoms with van der Waals surface area (Å²) in [6.07, 6.45) is 1.68. The first-order valence-corrected chi connectivity index (χ1v) is 5.98. The summed E-state index contributed by atoms with van der Waals surface area (Å²) >= 11 is 0. The SMILES string of the molecule is CCc1nnc(NCc2nc(C)no2)nc1CC. The van der Waals surface area contributed by atoms with Gasteiger partial charge in [0.15, 0.2) is 5.82 Å². The molecule has 0 spiro atoms. The van der Waals surface area contributed by atoms with Crippen molar-refractivity contribution in [2.45, 2.75) is 40.2 Å². The number of anilines is 1. The largest absolute Gasteiger partial charge is 0.344 e. The van der Waals surface area contributed by atoms with Crippen molar-refractivity contribution < 1.29 is 4.52 Å². The molecule has 0 saturated carbocycles. The number of nitrogens with one attached hydrogen (secondary N) is 1. The van der Waals surface area contributed by atoms with Crippen molar-refractivity contribution in [2.75, 3.05) is 5.32 Å². The van der Waals surface area contributed by atoms with E-state index in [4.69, 9.17) is 4.52 Å². The Hall–Kier alpha value is -2.05. The van der Waals surface area contributed by atoms with Crippen molar-refractivity contribution in [3.05, 3.63) is 23.1 Å². The molecule has 0 radical (unpaired) electrons. The zero-order valence-corrected chi connectivity index (χ0v) is 10.8. The van der Waals surface area contributed by atoms with Crippen LogP contribution in [0, 0.1) is 6.92 Å². The van der Waals surface area contributed by atoms with Gasteiger partial charge in [0.1, 0.15) is 0 Å². The van der Waals surface area contributed by atoms with Crippen molar-refractivity contribution in [2.24, 2.45) is 0 Å². The van der Waals surface area contributed by atoms with Gasteiger partial charge < -0.3 is 9.84 Å². The van der Waals surface area contributed by atoms with Crippen LogP contribution in [0.2, 0.25) is 0 Å². The molecule has 0 saturated heterocycles. The Morgan fingerprint density at radius 2 is 1.83 bits per heavy atom. The van der Waals surface area contributed by atoms with Gasteiger partial charge in [0.2, 0.25) is 11.8 Å². The van der Waals surface area contributed by atoms with Crippen LogP contribution in [0.25, 0.3) is 0 Å². The van der Waals surface area contributed by atoms with Gasteiger partial charge >= 0.3 is 0 Å². The molecule has 0 unspecified atom stereocenters. The quantitative estimate of drug-likeness (QED) is 0.852. The summed E-state index contributed by atoms with van der Waals surface area (Å²) in [6, 6.07) is 0. The number of aryl methyl sites for hydroxylation is 3. The molecule has 0 aliphatic heterocycles. The van der Waals surface area contributed by atoms with E-state index in [2.05, 4.69) is 30.6 Å². The van der Waals surface area contributed by atoms with Gasteiger partial charge in [0.05, 0.1) is 17.9 Å². The van der Waals surface area contributed by atoms with Crippen LogP contribution in [0.3, 0.4) is 0 Å². The van der Waals surface area contributed by atoms with Crippen molar-refractivity contribution in [3.8, 4) is 0 Å². The van der Waals surface area contributed by atoms with Gasteiger partial charge in [-0.1, -0.05) is 19.0 Å². The van der Waals surface area contributed by atoms with E-state index in [1.54, 1.807) is 6.92 Å². The molecule has 0 amide bonds. The number of nitrogens with zero attached hydrogens (tertiary/aromatic N) is 5. The van der Waals surface area contributed by atoms with Crippen molar-refractivity contribution in [1.29, 1.82) is 0 Å². The van der Waals surface area contributed by atoms with Crippen LogP contribution in [0.4, 0.5) is 5.95 Å². The highest BCUT2D eigenvalue weighted by atomic mass is 16.5. The Morgan fingerprint density at radius 3 is 2.44 bits per heavy atom. The minimum atomic E-state index is 0.400. The van der Waals surface area contributed by atoms with Crippen molar-refractivity contribution in [1.82, 2.24) is 25.3 Å². The lowest BCUT2D eigenvalue weighted by Crippen LogP contribution is -2.09. The zero-order chi connectivity index (χ0) is 13.0. The smallest absolute Gasteiger partial charge is 0.246 e. The summed E-state index contributed by atoms with van der Waals surface area (Å²) in [7, 11) is 0. The maximum atomic E-state index is 4.99. The lowest BCUT2D eigenvalue weighted by molar-refractivity contribution is 0.379. The number of aromatic nitrogens is 5. The first-order chi connectivity index (χ1) is 8.72. The van der Waals surface area contributed by atoms with Crippen LogP contribution in [0.15, 0.2) is 4.52 Å². The Bertz CT molecular complexity index is 524. The van der Waals surface area contributed by atoms with Gasteiger partial charge in [0, 0.05) is 0 Å². The monoisotopic (exact) mass is 248 g/mol. The Balaban J connectivity index is 2.05. The van der Waals surface area contributed by atoms with E-state index in [0.29, 0.717) is 24.2 Å². The standard InChI is InChI=1S/C11H16N6O/c1-4-8-9(5-2)15-16-11(14-8)12-6-10-13-7(3)17-18-10/h4-6H2,1-3H3,(H,12,14,16). The van der Waals surface area contributed by atoms with Crippen LogP contribution in [0.5, 0.6) is 0 Å². The van der Waals surface area contributed by atoms with Crippen LogP contribution < -0.4 is 5.32 Å². The second-order valence-electron chi connectivity index (χ2n) is 3.82. The Morgan fingerprint density at radius 1 is 1.06 bits per heavy atom. The fraction of sp³-hybridized carbons (Fsp3) is 0.545. The minimum absolute atomic E-state index is 0.400. The van der Waals surface area contributed by atoms with E-state index in [9.17, 15) is 0 Å². The molecule has 0 bridgehead atoms. The van der Waals surface area contributed by atoms with Gasteiger partial charge in [-0.05, 0) is 19.8 Å². The molecule has 7 nitrogen and oxygen atoms in total. The molecule has 0 fully saturated rings. The highest BCUT2D eigenvalue weighted by Gasteiger charge is 2.07. The Kier molecular flexibility index (Phi) is 3.81. The van der Waals surface area contributed by atoms with Gasteiger partial charge in [-0.25, -0.2) is 4.98 Å². The highest BCUT2D eigenvalue weighted by molar-refractivity contribution is 5.25. The zero-order valence-electron chi connectivity index (χ0n) is 10.8. The lowest BCUT2D eigenvalue weighted by Gasteiger charge is -2.05. The van der Waals surface area contributed by atoms with E-state index in [-0.39, 0.29) is 0 Å². The molecule has 96 valence electrons. The number of rotatable bonds is 5. The molecule has 0 aliphatic carbocycles. The van der Waals surface area contributed by atoms with Gasteiger partial charge in [-0.3, -0.25) is 0 Å². The molecule has 0 atom stereocenters. The summed E-state index contributed by atoms with van der Waals surface area (Å²) in [5, 5.41) is 14.9. The lowest BCUT2D eigenvalue weighted by atomic mass is 10.2. The van der Waals surface area contributed by atoms with Crippen molar-refractivity contribution >= 4 is 5.95 Å². The normalized spacial score (nSPS) is 10.6. The molecule has 2 aromatic heterocycles. The molecule has 0 aromatic carbocycles. The summed E-state index contributed by atoms with van der Waals surface area (Å²) < 4.78 is 4.99. The second kappa shape index (κ2) is 5.52. The molecule has 2 rings (SSSR count). The van der Waals surface area contributed by atoms with Gasteiger partial charge in [-0.15, -0.1) is 5.10 Å². The summed E-state index contributed by atoms with van der Waals surface area (Å²) in [6.45, 7) is 6.26. The van der Waals surface area contributed by atoms with Gasteiger partial charge in [-0.2, -0.15) is 10.1 Å². The average molecular weight is 248 g/mol. The van der Waals surface area contributed by atoms with E-state index in [1.165, 1.54) is 0 Å². The maximum absolute atomic E-state index is 4.99. The molecule has 0 aliphatic rings. The van der Waals surface area contributed by atoms with Crippen LogP contribution in [-0.2, 0) is 19.4 Å². The van der Waals surface area contributed by atoms with Crippen LogP contribution in [-0.4, -0.2) is 25.3 Å². The third kappa shape index (κ3) is 2.79. The van der Waals surface area contributed by atoms with Crippen LogP contribution >= 0.6 is 0 Å². The molecule has 1 N–H and O–H groups in total. The number of hydrogen-bond donors (Lipinski definition) is 1.